The van der Waals surface area contributed by atoms with E-state index in [0.29, 0.717) is 36.4 Å². The van der Waals surface area contributed by atoms with Gasteiger partial charge in [-0.05, 0) is 25.4 Å². The van der Waals surface area contributed by atoms with E-state index in [1.807, 2.05) is 0 Å². The number of anilines is 1. The Balaban J connectivity index is 2.89. The summed E-state index contributed by atoms with van der Waals surface area (Å²) in [4.78, 5) is 27.2. The number of hydrogen-bond acceptors (Lipinski definition) is 6. The van der Waals surface area contributed by atoms with Crippen molar-refractivity contribution in [1.29, 1.82) is 0 Å². The van der Waals surface area contributed by atoms with E-state index in [2.05, 4.69) is 10.3 Å². The minimum Gasteiger partial charge on any atom is -0.381 e. The smallest absolute Gasteiger partial charge is 0.381 e. The van der Waals surface area contributed by atoms with Crippen molar-refractivity contribution in [3.05, 3.63) is 22.5 Å². The summed E-state index contributed by atoms with van der Waals surface area (Å²) in [6.07, 6.45) is -4.73. The summed E-state index contributed by atoms with van der Waals surface area (Å²) in [6.45, 7) is 0. The van der Waals surface area contributed by atoms with E-state index < -0.39 is 51.0 Å². The van der Waals surface area contributed by atoms with Crippen LogP contribution in [0.1, 0.15) is 51.4 Å². The van der Waals surface area contributed by atoms with Crippen molar-refractivity contribution in [3.63, 3.8) is 0 Å². The van der Waals surface area contributed by atoms with Crippen molar-refractivity contribution in [1.82, 2.24) is 4.98 Å². The van der Waals surface area contributed by atoms with E-state index in [0.717, 1.165) is 0 Å². The maximum absolute atomic E-state index is 13.3. The number of rotatable bonds is 5. The van der Waals surface area contributed by atoms with Crippen LogP contribution < -0.4 is 5.32 Å². The molecule has 1 aromatic heterocycles. The number of nitrogens with zero attached hydrogens (tertiary/aromatic N) is 1. The first-order chi connectivity index (χ1) is 11.6. The second kappa shape index (κ2) is 7.48. The highest BCUT2D eigenvalue weighted by Crippen LogP contribution is 2.42. The highest BCUT2D eigenvalue weighted by molar-refractivity contribution is 8.13. The van der Waals surface area contributed by atoms with Gasteiger partial charge in [0.05, 0.1) is 16.8 Å². The average Bonchev–Trinajstić information content (AvgIpc) is 3.35. The standard InChI is InChI=1S/C14H13F5N2O2S2/c1-24-12(22)6-8(20-5-3-4-5)7(13(23)25-2)10(14(17,18)19)21-9(6)11(15)16/h5,11H,3-4H2,1-2H3,(H,20,21). The number of halogens is 5. The van der Waals surface area contributed by atoms with Gasteiger partial charge in [-0.3, -0.25) is 9.59 Å². The number of alkyl halides is 5. The van der Waals surface area contributed by atoms with Gasteiger partial charge in [0.25, 0.3) is 6.43 Å². The molecule has 25 heavy (non-hydrogen) atoms. The Kier molecular flexibility index (Phi) is 5.97. The van der Waals surface area contributed by atoms with Gasteiger partial charge in [-0.1, -0.05) is 23.5 Å². The van der Waals surface area contributed by atoms with Gasteiger partial charge in [-0.2, -0.15) is 13.2 Å². The second-order valence-electron chi connectivity index (χ2n) is 5.17. The van der Waals surface area contributed by atoms with E-state index in [1.165, 1.54) is 12.5 Å². The average molecular weight is 400 g/mol. The third-order valence-electron chi connectivity index (χ3n) is 3.41. The van der Waals surface area contributed by atoms with E-state index in [9.17, 15) is 31.5 Å². The van der Waals surface area contributed by atoms with Gasteiger partial charge < -0.3 is 5.32 Å². The zero-order valence-corrected chi connectivity index (χ0v) is 14.7. The topological polar surface area (TPSA) is 59.1 Å². The van der Waals surface area contributed by atoms with Gasteiger partial charge in [0.2, 0.25) is 10.2 Å². The molecule has 4 nitrogen and oxygen atoms in total. The Labute approximate surface area is 148 Å². The van der Waals surface area contributed by atoms with E-state index in [-0.39, 0.29) is 6.04 Å². The highest BCUT2D eigenvalue weighted by atomic mass is 32.2. The van der Waals surface area contributed by atoms with Crippen LogP contribution in [0.3, 0.4) is 0 Å². The van der Waals surface area contributed by atoms with Crippen molar-refractivity contribution in [3.8, 4) is 0 Å². The fourth-order valence-electron chi connectivity index (χ4n) is 2.15. The van der Waals surface area contributed by atoms with Crippen LogP contribution in [0.2, 0.25) is 0 Å². The number of aromatic nitrogens is 1. The molecule has 0 radical (unpaired) electrons. The molecule has 1 aliphatic rings. The first-order valence-electron chi connectivity index (χ1n) is 6.98. The zero-order chi connectivity index (χ0) is 18.9. The van der Waals surface area contributed by atoms with Crippen LogP contribution in [0, 0.1) is 0 Å². The number of pyridine rings is 1. The number of carbonyl (C=O) groups is 2. The Morgan fingerprint density at radius 2 is 1.64 bits per heavy atom. The summed E-state index contributed by atoms with van der Waals surface area (Å²) in [5, 5.41) is 0.769. The molecule has 0 unspecified atom stereocenters. The lowest BCUT2D eigenvalue weighted by Gasteiger charge is -2.21. The lowest BCUT2D eigenvalue weighted by atomic mass is 10.0. The summed E-state index contributed by atoms with van der Waals surface area (Å²) < 4.78 is 66.7. The summed E-state index contributed by atoms with van der Waals surface area (Å²) in [7, 11) is 0. The first-order valence-corrected chi connectivity index (χ1v) is 9.43. The van der Waals surface area contributed by atoms with Crippen LogP contribution in [0.15, 0.2) is 0 Å². The fraction of sp³-hybridized carbons (Fsp3) is 0.500. The van der Waals surface area contributed by atoms with Gasteiger partial charge in [0.15, 0.2) is 5.69 Å². The fourth-order valence-corrected chi connectivity index (χ4v) is 2.97. The van der Waals surface area contributed by atoms with Crippen LogP contribution in [0.5, 0.6) is 0 Å². The molecule has 0 aliphatic heterocycles. The third kappa shape index (κ3) is 4.25. The number of carbonyl (C=O) groups excluding carboxylic acids is 2. The minimum absolute atomic E-state index is 0.268. The third-order valence-corrected chi connectivity index (χ3v) is 4.56. The number of hydrogen-bond donors (Lipinski definition) is 1. The Hall–Kier alpha value is -1.36. The Morgan fingerprint density at radius 1 is 1.12 bits per heavy atom. The zero-order valence-electron chi connectivity index (χ0n) is 13.0. The van der Waals surface area contributed by atoms with Crippen molar-refractivity contribution < 1.29 is 31.5 Å². The quantitative estimate of drug-likeness (QED) is 0.728. The molecule has 1 aliphatic carbocycles. The van der Waals surface area contributed by atoms with Crippen molar-refractivity contribution in [2.24, 2.45) is 0 Å². The van der Waals surface area contributed by atoms with Crippen LogP contribution in [-0.4, -0.2) is 33.8 Å². The predicted molar refractivity (Wildman–Crippen MR) is 86.5 cm³/mol. The molecule has 1 aromatic rings. The first kappa shape index (κ1) is 20.0. The van der Waals surface area contributed by atoms with Crippen LogP contribution in [0.4, 0.5) is 27.6 Å². The maximum atomic E-state index is 13.3. The summed E-state index contributed by atoms with van der Waals surface area (Å²) in [6, 6.07) is -0.268. The molecule has 0 spiro atoms. The summed E-state index contributed by atoms with van der Waals surface area (Å²) >= 11 is 1.05. The van der Waals surface area contributed by atoms with Gasteiger partial charge in [-0.25, -0.2) is 13.8 Å². The summed E-state index contributed by atoms with van der Waals surface area (Å²) in [5.41, 5.74) is -5.03. The molecule has 1 N–H and O–H groups in total. The lowest BCUT2D eigenvalue weighted by molar-refractivity contribution is -0.141. The lowest BCUT2D eigenvalue weighted by Crippen LogP contribution is -2.23. The monoisotopic (exact) mass is 400 g/mol. The molecule has 1 heterocycles. The van der Waals surface area contributed by atoms with Crippen LogP contribution in [-0.2, 0) is 6.18 Å². The normalized spacial score (nSPS) is 14.7. The molecule has 1 fully saturated rings. The highest BCUT2D eigenvalue weighted by Gasteiger charge is 2.43. The Bertz CT molecular complexity index is 705. The van der Waals surface area contributed by atoms with Gasteiger partial charge in [0, 0.05) is 6.04 Å². The molecule has 0 saturated heterocycles. The summed E-state index contributed by atoms with van der Waals surface area (Å²) in [5.74, 6) is 0. The second-order valence-corrected chi connectivity index (χ2v) is 6.73. The van der Waals surface area contributed by atoms with Gasteiger partial charge >= 0.3 is 6.18 Å². The largest absolute Gasteiger partial charge is 0.434 e. The van der Waals surface area contributed by atoms with Crippen LogP contribution in [0.25, 0.3) is 0 Å². The number of thioether (sulfide) groups is 2. The molecule has 138 valence electrons. The van der Waals surface area contributed by atoms with Gasteiger partial charge in [-0.15, -0.1) is 0 Å². The molecule has 1 saturated carbocycles. The molecular weight excluding hydrogens is 387 g/mol. The van der Waals surface area contributed by atoms with Crippen molar-refractivity contribution in [2.45, 2.75) is 31.5 Å². The van der Waals surface area contributed by atoms with Gasteiger partial charge in [0.1, 0.15) is 5.69 Å². The molecule has 0 atom stereocenters. The molecule has 0 aromatic carbocycles. The molecule has 0 bridgehead atoms. The minimum atomic E-state index is -5.12. The van der Waals surface area contributed by atoms with E-state index in [1.54, 1.807) is 0 Å². The molecule has 11 heteroatoms. The molecule has 0 amide bonds. The van der Waals surface area contributed by atoms with Crippen LogP contribution >= 0.6 is 23.5 Å². The van der Waals surface area contributed by atoms with Crippen molar-refractivity contribution >= 4 is 39.4 Å². The van der Waals surface area contributed by atoms with E-state index in [4.69, 9.17) is 0 Å². The predicted octanol–water partition coefficient (Wildman–Crippen LogP) is 4.62. The molecule has 2 rings (SSSR count). The Morgan fingerprint density at radius 3 is 2.04 bits per heavy atom. The van der Waals surface area contributed by atoms with E-state index >= 15 is 0 Å². The SMILES string of the molecule is CSC(=O)c1c(C(F)F)nc(C(F)(F)F)c(C(=O)SC)c1NC1CC1. The number of nitrogens with one attached hydrogen (secondary N) is 1. The molecular formula is C14H13F5N2O2S2. The van der Waals surface area contributed by atoms with Crippen molar-refractivity contribution in [2.75, 3.05) is 17.8 Å². The maximum Gasteiger partial charge on any atom is 0.434 e.